The van der Waals surface area contributed by atoms with Gasteiger partial charge in [-0.3, -0.25) is 14.5 Å². The van der Waals surface area contributed by atoms with Gasteiger partial charge in [0, 0.05) is 37.3 Å². The molecular weight excluding hydrogens is 560 g/mol. The number of fused-ring (bicyclic) bond motifs is 1. The van der Waals surface area contributed by atoms with Crippen LogP contribution in [0.1, 0.15) is 63.3 Å². The SMILES string of the molecule is CCN1C(=O)C(NC(=O)c2cccc(C(F)(F)F)c2)Cc2c(C(=O)O)nn(C3CCOCC3)c21.Cc1ccc(F)cc1. The van der Waals surface area contributed by atoms with Crippen LogP contribution in [0.2, 0.25) is 0 Å². The molecule has 3 aromatic rings. The Hall–Kier alpha value is -4.26. The Balaban J connectivity index is 0.000000437. The fraction of sp³-hybridized carbons (Fsp3) is 0.379. The lowest BCUT2D eigenvalue weighted by molar-refractivity contribution is -0.137. The number of carboxylic acids is 1. The molecule has 0 bridgehead atoms. The molecule has 2 amide bonds. The minimum absolute atomic E-state index is 0.139. The summed E-state index contributed by atoms with van der Waals surface area (Å²) in [7, 11) is 0. The number of ether oxygens (including phenoxy) is 1. The standard InChI is InChI=1S/C22H23F3N4O5.C7H7F/c1-2-28-19-15(17(21(32)33)27-29(19)14-6-8-34-9-7-14)11-16(20(28)31)26-18(30)12-4-3-5-13(10-12)22(23,24)25;1-6-2-4-7(8)5-3-6/h3-5,10,14,16H,2,6-9,11H2,1H3,(H,26,30)(H,32,33);2-5H,1H3. The highest BCUT2D eigenvalue weighted by molar-refractivity contribution is 6.05. The number of likely N-dealkylation sites (N-methyl/N-ethyl adjacent to an activating group) is 1. The predicted molar refractivity (Wildman–Crippen MR) is 144 cm³/mol. The number of carbonyl (C=O) groups is 3. The number of carboxylic acid groups (broad SMARTS) is 1. The number of anilines is 1. The number of nitrogens with zero attached hydrogens (tertiary/aromatic N) is 3. The van der Waals surface area contributed by atoms with Crippen molar-refractivity contribution in [2.75, 3.05) is 24.7 Å². The van der Waals surface area contributed by atoms with Crippen molar-refractivity contribution in [3.05, 3.63) is 82.3 Å². The number of aryl methyl sites for hydroxylation is 1. The number of aromatic nitrogens is 2. The lowest BCUT2D eigenvalue weighted by Gasteiger charge is -2.34. The van der Waals surface area contributed by atoms with Crippen molar-refractivity contribution in [3.63, 3.8) is 0 Å². The summed E-state index contributed by atoms with van der Waals surface area (Å²) in [5, 5.41) is 16.5. The molecule has 0 saturated carbocycles. The van der Waals surface area contributed by atoms with Crippen LogP contribution in [0.5, 0.6) is 0 Å². The molecule has 3 heterocycles. The number of hydrogen-bond donors (Lipinski definition) is 2. The largest absolute Gasteiger partial charge is 0.476 e. The number of nitrogens with one attached hydrogen (secondary N) is 1. The summed E-state index contributed by atoms with van der Waals surface area (Å²) in [5.74, 6) is -2.41. The third-order valence-corrected chi connectivity index (χ3v) is 7.03. The molecule has 2 aliphatic rings. The number of carbonyl (C=O) groups excluding carboxylic acids is 2. The molecule has 2 aromatic carbocycles. The van der Waals surface area contributed by atoms with Crippen molar-refractivity contribution >= 4 is 23.6 Å². The van der Waals surface area contributed by atoms with Crippen LogP contribution in [0.15, 0.2) is 48.5 Å². The molecule has 2 N–H and O–H groups in total. The van der Waals surface area contributed by atoms with Crippen molar-refractivity contribution in [1.82, 2.24) is 15.1 Å². The van der Waals surface area contributed by atoms with E-state index in [1.807, 2.05) is 6.92 Å². The Kier molecular flexibility index (Phi) is 9.30. The van der Waals surface area contributed by atoms with Crippen molar-refractivity contribution in [3.8, 4) is 0 Å². The van der Waals surface area contributed by atoms with Crippen LogP contribution in [-0.2, 0) is 22.1 Å². The van der Waals surface area contributed by atoms with E-state index < -0.39 is 35.6 Å². The van der Waals surface area contributed by atoms with Gasteiger partial charge >= 0.3 is 12.1 Å². The third-order valence-electron chi connectivity index (χ3n) is 7.03. The van der Waals surface area contributed by atoms with Crippen molar-refractivity contribution in [2.24, 2.45) is 0 Å². The average Bonchev–Trinajstić information content (AvgIpc) is 3.35. The fourth-order valence-electron chi connectivity index (χ4n) is 4.90. The molecule has 1 aromatic heterocycles. The summed E-state index contributed by atoms with van der Waals surface area (Å²) in [4.78, 5) is 39.3. The van der Waals surface area contributed by atoms with Crippen LogP contribution in [0, 0.1) is 12.7 Å². The van der Waals surface area contributed by atoms with Gasteiger partial charge in [-0.2, -0.15) is 18.3 Å². The highest BCUT2D eigenvalue weighted by Gasteiger charge is 2.41. The maximum atomic E-state index is 13.2. The molecule has 224 valence electrons. The first kappa shape index (κ1) is 30.7. The van der Waals surface area contributed by atoms with Crippen molar-refractivity contribution in [2.45, 2.75) is 51.4 Å². The average molecular weight is 591 g/mol. The molecule has 42 heavy (non-hydrogen) atoms. The second kappa shape index (κ2) is 12.7. The third kappa shape index (κ3) is 6.78. The van der Waals surface area contributed by atoms with Gasteiger partial charge in [0.1, 0.15) is 17.7 Å². The summed E-state index contributed by atoms with van der Waals surface area (Å²) in [6.07, 6.45) is -3.55. The van der Waals surface area contributed by atoms with Gasteiger partial charge in [0.2, 0.25) is 0 Å². The molecule has 1 atom stereocenters. The lowest BCUT2D eigenvalue weighted by Crippen LogP contribution is -2.53. The van der Waals surface area contributed by atoms with E-state index in [4.69, 9.17) is 4.74 Å². The van der Waals surface area contributed by atoms with Crippen LogP contribution >= 0.6 is 0 Å². The van der Waals surface area contributed by atoms with Gasteiger partial charge in [0.25, 0.3) is 11.8 Å². The number of halogens is 4. The minimum Gasteiger partial charge on any atom is -0.476 e. The first-order valence-corrected chi connectivity index (χ1v) is 13.3. The minimum atomic E-state index is -4.63. The highest BCUT2D eigenvalue weighted by Crippen LogP contribution is 2.36. The molecule has 5 rings (SSSR count). The Morgan fingerprint density at radius 1 is 1.12 bits per heavy atom. The molecule has 0 radical (unpaired) electrons. The van der Waals surface area contributed by atoms with E-state index >= 15 is 0 Å². The van der Waals surface area contributed by atoms with Crippen molar-refractivity contribution < 1.29 is 41.8 Å². The van der Waals surface area contributed by atoms with Gasteiger partial charge in [0.15, 0.2) is 5.69 Å². The predicted octanol–water partition coefficient (Wildman–Crippen LogP) is 4.79. The van der Waals surface area contributed by atoms with Gasteiger partial charge in [0.05, 0.1) is 11.6 Å². The number of amides is 2. The van der Waals surface area contributed by atoms with E-state index in [0.717, 1.165) is 17.7 Å². The monoisotopic (exact) mass is 590 g/mol. The fourth-order valence-corrected chi connectivity index (χ4v) is 4.90. The first-order chi connectivity index (χ1) is 19.9. The Labute approximate surface area is 239 Å². The van der Waals surface area contributed by atoms with Gasteiger partial charge in [-0.25, -0.2) is 13.9 Å². The van der Waals surface area contributed by atoms with E-state index in [-0.39, 0.29) is 36.1 Å². The first-order valence-electron chi connectivity index (χ1n) is 13.3. The molecule has 13 heteroatoms. The van der Waals surface area contributed by atoms with Crippen LogP contribution in [0.25, 0.3) is 0 Å². The Morgan fingerprint density at radius 2 is 1.79 bits per heavy atom. The van der Waals surface area contributed by atoms with Crippen LogP contribution < -0.4 is 10.2 Å². The van der Waals surface area contributed by atoms with Gasteiger partial charge < -0.3 is 15.2 Å². The molecule has 0 spiro atoms. The second-order valence-electron chi connectivity index (χ2n) is 9.93. The van der Waals surface area contributed by atoms with Gasteiger partial charge in [-0.15, -0.1) is 0 Å². The number of rotatable bonds is 5. The normalized spacial score (nSPS) is 17.2. The Morgan fingerprint density at radius 3 is 2.36 bits per heavy atom. The summed E-state index contributed by atoms with van der Waals surface area (Å²) < 4.78 is 58.1. The molecule has 1 fully saturated rings. The quantitative estimate of drug-likeness (QED) is 0.413. The zero-order chi connectivity index (χ0) is 30.6. The molecule has 9 nitrogen and oxygen atoms in total. The molecule has 1 unspecified atom stereocenters. The van der Waals surface area contributed by atoms with Crippen LogP contribution in [0.4, 0.5) is 23.4 Å². The summed E-state index contributed by atoms with van der Waals surface area (Å²) in [6, 6.07) is 8.97. The lowest BCUT2D eigenvalue weighted by atomic mass is 9.98. The number of hydrogen-bond acceptors (Lipinski definition) is 5. The number of alkyl halides is 3. The zero-order valence-corrected chi connectivity index (χ0v) is 22.9. The van der Waals surface area contributed by atoms with Crippen LogP contribution in [0.3, 0.4) is 0 Å². The molecule has 2 aliphatic heterocycles. The van der Waals surface area contributed by atoms with E-state index in [1.54, 1.807) is 23.7 Å². The number of aromatic carboxylic acids is 1. The topological polar surface area (TPSA) is 114 Å². The zero-order valence-electron chi connectivity index (χ0n) is 22.9. The summed E-state index contributed by atoms with van der Waals surface area (Å²) in [6.45, 7) is 4.80. The van der Waals surface area contributed by atoms with E-state index in [1.165, 1.54) is 23.1 Å². The molecular formula is C29H30F4N4O5. The number of benzene rings is 2. The van der Waals surface area contributed by atoms with E-state index in [0.29, 0.717) is 43.5 Å². The van der Waals surface area contributed by atoms with Crippen LogP contribution in [-0.4, -0.2) is 58.5 Å². The smallest absolute Gasteiger partial charge is 0.416 e. The summed E-state index contributed by atoms with van der Waals surface area (Å²) >= 11 is 0. The second-order valence-corrected chi connectivity index (χ2v) is 9.93. The molecule has 1 saturated heterocycles. The maximum absolute atomic E-state index is 13.2. The highest BCUT2D eigenvalue weighted by atomic mass is 19.4. The molecule has 0 aliphatic carbocycles. The maximum Gasteiger partial charge on any atom is 0.416 e. The van der Waals surface area contributed by atoms with Gasteiger partial charge in [-0.1, -0.05) is 23.8 Å². The summed E-state index contributed by atoms with van der Waals surface area (Å²) in [5.41, 5.74) is -0.0711. The van der Waals surface area contributed by atoms with Gasteiger partial charge in [-0.05, 0) is 57.0 Å². The van der Waals surface area contributed by atoms with E-state index in [9.17, 15) is 37.1 Å². The Bertz CT molecular complexity index is 1430. The van der Waals surface area contributed by atoms with E-state index in [2.05, 4.69) is 10.4 Å². The van der Waals surface area contributed by atoms with Crippen molar-refractivity contribution in [1.29, 1.82) is 0 Å².